The second-order valence-corrected chi connectivity index (χ2v) is 5.36. The maximum Gasteiger partial charge on any atom is 0.143 e. The van der Waals surface area contributed by atoms with E-state index in [1.165, 1.54) is 15.8 Å². The molecule has 0 fully saturated rings. The Bertz CT molecular complexity index is 613. The lowest BCUT2D eigenvalue weighted by Gasteiger charge is -2.02. The van der Waals surface area contributed by atoms with Gasteiger partial charge in [-0.25, -0.2) is 4.98 Å². The standard InChI is InChI=1S/C12H11N2PS/c1-15-14-7-5-10-9(4-6-13-12(10)14)11-3-2-8-16-11/h2-8,15H,1H3. The highest BCUT2D eigenvalue weighted by Crippen LogP contribution is 2.32. The topological polar surface area (TPSA) is 17.8 Å². The first-order valence-corrected chi connectivity index (χ1v) is 7.40. The van der Waals surface area contributed by atoms with Gasteiger partial charge in [0, 0.05) is 28.2 Å². The van der Waals surface area contributed by atoms with Gasteiger partial charge in [-0.1, -0.05) is 6.07 Å². The lowest BCUT2D eigenvalue weighted by molar-refractivity contribution is 1.25. The third kappa shape index (κ3) is 1.48. The zero-order chi connectivity index (χ0) is 11.0. The molecule has 0 amide bonds. The van der Waals surface area contributed by atoms with Gasteiger partial charge in [0.1, 0.15) is 5.65 Å². The molecule has 3 aromatic heterocycles. The Morgan fingerprint density at radius 1 is 1.31 bits per heavy atom. The van der Waals surface area contributed by atoms with Gasteiger partial charge >= 0.3 is 0 Å². The Hall–Kier alpha value is -1.18. The summed E-state index contributed by atoms with van der Waals surface area (Å²) in [5.41, 5.74) is 2.38. The molecule has 0 N–H and O–H groups in total. The molecular weight excluding hydrogens is 235 g/mol. The molecule has 0 aliphatic rings. The van der Waals surface area contributed by atoms with Crippen LogP contribution in [0.2, 0.25) is 0 Å². The molecule has 0 radical (unpaired) electrons. The molecule has 0 aliphatic heterocycles. The number of hydrogen-bond donors (Lipinski definition) is 0. The molecule has 0 bridgehead atoms. The number of fused-ring (bicyclic) bond motifs is 1. The van der Waals surface area contributed by atoms with Crippen molar-refractivity contribution in [3.63, 3.8) is 0 Å². The molecule has 3 heterocycles. The number of thiophene rings is 1. The van der Waals surface area contributed by atoms with E-state index in [4.69, 9.17) is 0 Å². The van der Waals surface area contributed by atoms with Gasteiger partial charge in [-0.15, -0.1) is 11.3 Å². The molecule has 3 aromatic rings. The Labute approximate surface area is 99.8 Å². The van der Waals surface area contributed by atoms with E-state index in [1.807, 2.05) is 6.20 Å². The average Bonchev–Trinajstić information content (AvgIpc) is 2.97. The fourth-order valence-corrected chi connectivity index (χ4v) is 3.24. The number of aromatic nitrogens is 2. The molecule has 3 rings (SSSR count). The van der Waals surface area contributed by atoms with Crippen molar-refractivity contribution < 1.29 is 0 Å². The SMILES string of the molecule is CPn1ccc2c(-c3cccs3)ccnc21. The van der Waals surface area contributed by atoms with Gasteiger partial charge in [0.15, 0.2) is 0 Å². The van der Waals surface area contributed by atoms with E-state index in [0.29, 0.717) is 0 Å². The average molecular weight is 246 g/mol. The van der Waals surface area contributed by atoms with Crippen LogP contribution in [0, 0.1) is 0 Å². The number of hydrogen-bond acceptors (Lipinski definition) is 2. The van der Waals surface area contributed by atoms with E-state index in [-0.39, 0.29) is 0 Å². The molecule has 0 saturated carbocycles. The van der Waals surface area contributed by atoms with Crippen molar-refractivity contribution in [3.8, 4) is 10.4 Å². The number of nitrogens with zero attached hydrogens (tertiary/aromatic N) is 2. The zero-order valence-electron chi connectivity index (χ0n) is 8.84. The van der Waals surface area contributed by atoms with Crippen molar-refractivity contribution in [1.82, 2.24) is 9.32 Å². The lowest BCUT2D eigenvalue weighted by Crippen LogP contribution is -1.84. The van der Waals surface area contributed by atoms with E-state index in [9.17, 15) is 0 Å². The summed E-state index contributed by atoms with van der Waals surface area (Å²) >= 11 is 1.77. The summed E-state index contributed by atoms with van der Waals surface area (Å²) in [5.74, 6) is 0. The summed E-state index contributed by atoms with van der Waals surface area (Å²) in [6.45, 7) is 2.17. The maximum absolute atomic E-state index is 4.46. The van der Waals surface area contributed by atoms with E-state index in [0.717, 1.165) is 14.4 Å². The second kappa shape index (κ2) is 4.00. The van der Waals surface area contributed by atoms with Gasteiger partial charge in [-0.05, 0) is 39.0 Å². The van der Waals surface area contributed by atoms with Crippen LogP contribution in [0.3, 0.4) is 0 Å². The minimum atomic E-state index is 0.727. The first-order valence-electron chi connectivity index (χ1n) is 5.08. The van der Waals surface area contributed by atoms with E-state index in [2.05, 4.69) is 51.8 Å². The minimum absolute atomic E-state index is 0.727. The molecule has 0 spiro atoms. The summed E-state index contributed by atoms with van der Waals surface area (Å²) in [4.78, 5) is 5.77. The van der Waals surface area contributed by atoms with E-state index in [1.54, 1.807) is 11.3 Å². The van der Waals surface area contributed by atoms with Crippen molar-refractivity contribution in [2.75, 3.05) is 6.66 Å². The van der Waals surface area contributed by atoms with Crippen LogP contribution < -0.4 is 0 Å². The smallest absolute Gasteiger partial charge is 0.143 e. The summed E-state index contributed by atoms with van der Waals surface area (Å²) in [6.07, 6.45) is 4.02. The molecular formula is C12H11N2PS. The number of rotatable bonds is 2. The first kappa shape index (κ1) is 10.0. The first-order chi connectivity index (χ1) is 7.90. The van der Waals surface area contributed by atoms with Crippen molar-refractivity contribution in [1.29, 1.82) is 0 Å². The van der Waals surface area contributed by atoms with E-state index < -0.39 is 0 Å². The molecule has 0 aromatic carbocycles. The van der Waals surface area contributed by atoms with Crippen molar-refractivity contribution in [3.05, 3.63) is 42.0 Å². The van der Waals surface area contributed by atoms with Crippen LogP contribution in [0.15, 0.2) is 42.0 Å². The Morgan fingerprint density at radius 2 is 2.25 bits per heavy atom. The Morgan fingerprint density at radius 3 is 3.00 bits per heavy atom. The summed E-state index contributed by atoms with van der Waals surface area (Å²) in [5, 5.41) is 3.36. The summed E-state index contributed by atoms with van der Waals surface area (Å²) in [6, 6.07) is 8.50. The van der Waals surface area contributed by atoms with Crippen LogP contribution in [-0.4, -0.2) is 16.0 Å². The van der Waals surface area contributed by atoms with E-state index >= 15 is 0 Å². The highest BCUT2D eigenvalue weighted by atomic mass is 32.1. The van der Waals surface area contributed by atoms with Crippen molar-refractivity contribution in [2.24, 2.45) is 0 Å². The predicted octanol–water partition coefficient (Wildman–Crippen LogP) is 3.84. The molecule has 0 aliphatic carbocycles. The highest BCUT2D eigenvalue weighted by molar-refractivity contribution is 7.35. The van der Waals surface area contributed by atoms with Gasteiger partial charge < -0.3 is 4.34 Å². The summed E-state index contributed by atoms with van der Waals surface area (Å²) in [7, 11) is 0.727. The predicted molar refractivity (Wildman–Crippen MR) is 72.7 cm³/mol. The molecule has 80 valence electrons. The molecule has 4 heteroatoms. The molecule has 1 atom stereocenters. The Kier molecular flexibility index (Phi) is 2.50. The van der Waals surface area contributed by atoms with Gasteiger partial charge in [-0.2, -0.15) is 0 Å². The lowest BCUT2D eigenvalue weighted by atomic mass is 10.1. The van der Waals surface area contributed by atoms with Crippen LogP contribution >= 0.6 is 20.1 Å². The van der Waals surface area contributed by atoms with Crippen LogP contribution in [0.5, 0.6) is 0 Å². The monoisotopic (exact) mass is 246 g/mol. The molecule has 16 heavy (non-hydrogen) atoms. The quantitative estimate of drug-likeness (QED) is 0.628. The van der Waals surface area contributed by atoms with Crippen LogP contribution in [0.25, 0.3) is 21.5 Å². The van der Waals surface area contributed by atoms with Gasteiger partial charge in [0.2, 0.25) is 0 Å². The fourth-order valence-electron chi connectivity index (χ4n) is 1.87. The molecule has 0 saturated heterocycles. The van der Waals surface area contributed by atoms with Crippen molar-refractivity contribution in [2.45, 2.75) is 0 Å². The van der Waals surface area contributed by atoms with Crippen LogP contribution in [0.1, 0.15) is 0 Å². The second-order valence-electron chi connectivity index (χ2n) is 3.48. The van der Waals surface area contributed by atoms with Gasteiger partial charge in [0.05, 0.1) is 0 Å². The largest absolute Gasteiger partial charge is 0.314 e. The summed E-state index contributed by atoms with van der Waals surface area (Å²) < 4.78 is 2.20. The third-order valence-corrected chi connectivity index (χ3v) is 4.36. The van der Waals surface area contributed by atoms with Crippen LogP contribution in [-0.2, 0) is 0 Å². The highest BCUT2D eigenvalue weighted by Gasteiger charge is 2.08. The van der Waals surface area contributed by atoms with Crippen LogP contribution in [0.4, 0.5) is 0 Å². The third-order valence-electron chi connectivity index (χ3n) is 2.62. The maximum atomic E-state index is 4.46. The molecule has 1 unspecified atom stereocenters. The minimum Gasteiger partial charge on any atom is -0.314 e. The van der Waals surface area contributed by atoms with Crippen molar-refractivity contribution >= 4 is 31.1 Å². The molecule has 2 nitrogen and oxygen atoms in total. The Balaban J connectivity index is 2.30. The zero-order valence-corrected chi connectivity index (χ0v) is 10.7. The fraction of sp³-hybridized carbons (Fsp3) is 0.0833. The van der Waals surface area contributed by atoms with Gasteiger partial charge in [-0.3, -0.25) is 0 Å². The van der Waals surface area contributed by atoms with Gasteiger partial charge in [0.25, 0.3) is 0 Å². The number of pyridine rings is 1. The normalized spacial score (nSPS) is 11.8.